The van der Waals surface area contributed by atoms with Crippen molar-refractivity contribution in [1.29, 1.82) is 0 Å². The Labute approximate surface area is 191 Å². The zero-order chi connectivity index (χ0) is 22.7. The average Bonchev–Trinajstić information content (AvgIpc) is 2.79. The molecule has 1 fully saturated rings. The molecular weight excluding hydrogens is 452 g/mol. The molecule has 0 aliphatic carbocycles. The first-order valence-corrected chi connectivity index (χ1v) is 12.2. The molecule has 0 amide bonds. The predicted molar refractivity (Wildman–Crippen MR) is 123 cm³/mol. The van der Waals surface area contributed by atoms with Crippen LogP contribution < -0.4 is 9.62 Å². The summed E-state index contributed by atoms with van der Waals surface area (Å²) in [6.07, 6.45) is 1.46. The lowest BCUT2D eigenvalue weighted by atomic mass is 9.98. The molecule has 1 N–H and O–H groups in total. The van der Waals surface area contributed by atoms with Crippen molar-refractivity contribution in [2.45, 2.75) is 24.7 Å². The third-order valence-corrected chi connectivity index (χ3v) is 6.85. The minimum Gasteiger partial charge on any atom is -0.466 e. The van der Waals surface area contributed by atoms with Gasteiger partial charge < -0.3 is 9.64 Å². The largest absolute Gasteiger partial charge is 0.466 e. The van der Waals surface area contributed by atoms with E-state index >= 15 is 0 Å². The van der Waals surface area contributed by atoms with E-state index in [1.54, 1.807) is 13.0 Å². The number of nitrogens with zero attached hydrogens (tertiary/aromatic N) is 3. The van der Waals surface area contributed by atoms with Gasteiger partial charge in [0.1, 0.15) is 0 Å². The van der Waals surface area contributed by atoms with Gasteiger partial charge in [-0.3, -0.25) is 9.52 Å². The summed E-state index contributed by atoms with van der Waals surface area (Å²) in [6, 6.07) is 13.1. The van der Waals surface area contributed by atoms with Crippen molar-refractivity contribution in [3.63, 3.8) is 0 Å². The van der Waals surface area contributed by atoms with Crippen LogP contribution in [0.4, 0.5) is 11.6 Å². The number of hydrogen-bond donors (Lipinski definition) is 1. The van der Waals surface area contributed by atoms with Crippen molar-refractivity contribution < 1.29 is 17.9 Å². The highest BCUT2D eigenvalue weighted by molar-refractivity contribution is 7.92. The fourth-order valence-electron chi connectivity index (χ4n) is 3.70. The third-order valence-electron chi connectivity index (χ3n) is 5.25. The molecular formula is C22H23ClN4O4S. The fraction of sp³-hybridized carbons (Fsp3) is 0.318. The molecule has 168 valence electrons. The number of carbonyl (C=O) groups is 1. The van der Waals surface area contributed by atoms with Gasteiger partial charge >= 0.3 is 5.97 Å². The van der Waals surface area contributed by atoms with Crippen LogP contribution in [0.1, 0.15) is 19.8 Å². The number of fused-ring (bicyclic) bond motifs is 1. The zero-order valence-electron chi connectivity index (χ0n) is 17.5. The van der Waals surface area contributed by atoms with Gasteiger partial charge in [-0.25, -0.2) is 18.4 Å². The van der Waals surface area contributed by atoms with Crippen molar-refractivity contribution in [3.05, 3.63) is 53.6 Å². The number of piperidine rings is 1. The highest BCUT2D eigenvalue weighted by Crippen LogP contribution is 2.31. The van der Waals surface area contributed by atoms with E-state index in [1.807, 2.05) is 23.1 Å². The molecule has 2 heterocycles. The molecule has 0 spiro atoms. The van der Waals surface area contributed by atoms with Gasteiger partial charge in [-0.1, -0.05) is 23.7 Å². The number of rotatable bonds is 6. The van der Waals surface area contributed by atoms with Gasteiger partial charge in [0.15, 0.2) is 11.6 Å². The Morgan fingerprint density at radius 2 is 1.84 bits per heavy atom. The van der Waals surface area contributed by atoms with E-state index in [4.69, 9.17) is 21.3 Å². The predicted octanol–water partition coefficient (Wildman–Crippen LogP) is 3.86. The van der Waals surface area contributed by atoms with Crippen LogP contribution in [-0.2, 0) is 19.6 Å². The Kier molecular flexibility index (Phi) is 6.48. The average molecular weight is 475 g/mol. The highest BCUT2D eigenvalue weighted by Gasteiger charge is 2.30. The summed E-state index contributed by atoms with van der Waals surface area (Å²) in [7, 11) is -3.93. The number of anilines is 2. The van der Waals surface area contributed by atoms with Crippen LogP contribution in [0, 0.1) is 5.92 Å². The molecule has 0 bridgehead atoms. The van der Waals surface area contributed by atoms with Crippen LogP contribution in [0.3, 0.4) is 0 Å². The van der Waals surface area contributed by atoms with Crippen LogP contribution in [0.2, 0.25) is 5.02 Å². The van der Waals surface area contributed by atoms with Crippen molar-refractivity contribution in [2.24, 2.45) is 5.92 Å². The lowest BCUT2D eigenvalue weighted by molar-refractivity contribution is -0.148. The molecule has 1 aromatic heterocycles. The second kappa shape index (κ2) is 9.30. The maximum absolute atomic E-state index is 13.0. The lowest BCUT2D eigenvalue weighted by Crippen LogP contribution is -2.40. The quantitative estimate of drug-likeness (QED) is 0.541. The van der Waals surface area contributed by atoms with Gasteiger partial charge in [-0.15, -0.1) is 0 Å². The SMILES string of the molecule is CCOC(=O)[C@H]1CCCN(c2nc3ccccc3nc2NS(=O)(=O)c2ccc(Cl)cc2)C1. The Hall–Kier alpha value is -2.91. The second-order valence-electron chi connectivity index (χ2n) is 7.48. The molecule has 0 saturated carbocycles. The second-order valence-corrected chi connectivity index (χ2v) is 9.60. The summed E-state index contributed by atoms with van der Waals surface area (Å²) in [5.41, 5.74) is 1.19. The van der Waals surface area contributed by atoms with E-state index in [0.29, 0.717) is 48.0 Å². The van der Waals surface area contributed by atoms with Gasteiger partial charge in [-0.05, 0) is 56.2 Å². The number of para-hydroxylation sites is 2. The lowest BCUT2D eigenvalue weighted by Gasteiger charge is -2.33. The van der Waals surface area contributed by atoms with Crippen LogP contribution in [0.5, 0.6) is 0 Å². The van der Waals surface area contributed by atoms with Crippen molar-refractivity contribution in [2.75, 3.05) is 29.3 Å². The monoisotopic (exact) mass is 474 g/mol. The maximum atomic E-state index is 13.0. The minimum absolute atomic E-state index is 0.0610. The number of nitrogens with one attached hydrogen (secondary N) is 1. The number of halogens is 1. The van der Waals surface area contributed by atoms with Crippen molar-refractivity contribution in [1.82, 2.24) is 9.97 Å². The Balaban J connectivity index is 1.72. The Bertz CT molecular complexity index is 1230. The third kappa shape index (κ3) is 4.78. The fourth-order valence-corrected chi connectivity index (χ4v) is 4.83. The van der Waals surface area contributed by atoms with Crippen LogP contribution in [-0.4, -0.2) is 44.1 Å². The van der Waals surface area contributed by atoms with E-state index < -0.39 is 10.0 Å². The van der Waals surface area contributed by atoms with Gasteiger partial charge in [0.25, 0.3) is 10.0 Å². The first kappa shape index (κ1) is 22.3. The molecule has 2 aromatic carbocycles. The van der Waals surface area contributed by atoms with Gasteiger partial charge in [0.05, 0.1) is 28.5 Å². The first-order valence-electron chi connectivity index (χ1n) is 10.3. The normalized spacial score (nSPS) is 16.7. The summed E-state index contributed by atoms with van der Waals surface area (Å²) in [4.78, 5) is 23.5. The first-order chi connectivity index (χ1) is 15.4. The van der Waals surface area contributed by atoms with Crippen molar-refractivity contribution >= 4 is 50.3 Å². The van der Waals surface area contributed by atoms with Gasteiger partial charge in [0.2, 0.25) is 0 Å². The number of sulfonamides is 1. The van der Waals surface area contributed by atoms with E-state index in [-0.39, 0.29) is 22.6 Å². The smallest absolute Gasteiger partial charge is 0.310 e. The molecule has 10 heteroatoms. The van der Waals surface area contributed by atoms with E-state index in [2.05, 4.69) is 9.71 Å². The van der Waals surface area contributed by atoms with Crippen LogP contribution in [0.15, 0.2) is 53.4 Å². The van der Waals surface area contributed by atoms with Gasteiger partial charge in [0, 0.05) is 18.1 Å². The summed E-state index contributed by atoms with van der Waals surface area (Å²) < 4.78 is 33.8. The number of carbonyl (C=O) groups excluding carboxylic acids is 1. The molecule has 3 aromatic rings. The summed E-state index contributed by atoms with van der Waals surface area (Å²) >= 11 is 5.89. The number of aromatic nitrogens is 2. The van der Waals surface area contributed by atoms with E-state index in [9.17, 15) is 13.2 Å². The summed E-state index contributed by atoms with van der Waals surface area (Å²) in [6.45, 7) is 3.09. The molecule has 4 rings (SSSR count). The topological polar surface area (TPSA) is 101 Å². The molecule has 8 nitrogen and oxygen atoms in total. The molecule has 0 unspecified atom stereocenters. The molecule has 1 atom stereocenters. The minimum atomic E-state index is -3.93. The van der Waals surface area contributed by atoms with E-state index in [1.165, 1.54) is 24.3 Å². The Morgan fingerprint density at radius 3 is 2.53 bits per heavy atom. The molecule has 32 heavy (non-hydrogen) atoms. The summed E-state index contributed by atoms with van der Waals surface area (Å²) in [5, 5.41) is 0.438. The Morgan fingerprint density at radius 1 is 1.16 bits per heavy atom. The standard InChI is InChI=1S/C22H23ClN4O4S/c1-2-31-22(28)15-6-5-13-27(14-15)21-20(24-18-7-3-4-8-19(18)25-21)26-32(29,30)17-11-9-16(23)10-12-17/h3-4,7-12,15H,2,5-6,13-14H2,1H3,(H,24,26)/t15-/m0/s1. The van der Waals surface area contributed by atoms with Gasteiger partial charge in [-0.2, -0.15) is 0 Å². The maximum Gasteiger partial charge on any atom is 0.310 e. The highest BCUT2D eigenvalue weighted by atomic mass is 35.5. The van der Waals surface area contributed by atoms with Crippen molar-refractivity contribution in [3.8, 4) is 0 Å². The molecule has 1 aliphatic rings. The van der Waals surface area contributed by atoms with Crippen LogP contribution in [0.25, 0.3) is 11.0 Å². The number of esters is 1. The molecule has 1 aliphatic heterocycles. The molecule has 0 radical (unpaired) electrons. The number of hydrogen-bond acceptors (Lipinski definition) is 7. The van der Waals surface area contributed by atoms with E-state index in [0.717, 1.165) is 6.42 Å². The van der Waals surface area contributed by atoms with Crippen LogP contribution >= 0.6 is 11.6 Å². The summed E-state index contributed by atoms with van der Waals surface area (Å²) in [5.74, 6) is -0.0645. The zero-order valence-corrected chi connectivity index (χ0v) is 19.1. The number of benzene rings is 2. The molecule has 1 saturated heterocycles. The number of ether oxygens (including phenoxy) is 1.